The smallest absolute Gasteiger partial charge is 0.251 e. The molecule has 2 aromatic rings. The van der Waals surface area contributed by atoms with Gasteiger partial charge in [0.1, 0.15) is 6.04 Å². The van der Waals surface area contributed by atoms with Crippen molar-refractivity contribution in [3.63, 3.8) is 0 Å². The molecule has 7 nitrogen and oxygen atoms in total. The Morgan fingerprint density at radius 2 is 2.00 bits per heavy atom. The molecule has 0 saturated carbocycles. The van der Waals surface area contributed by atoms with Crippen molar-refractivity contribution in [2.45, 2.75) is 44.1 Å². The van der Waals surface area contributed by atoms with Gasteiger partial charge >= 0.3 is 0 Å². The van der Waals surface area contributed by atoms with Crippen LogP contribution in [-0.4, -0.2) is 40.1 Å². The van der Waals surface area contributed by atoms with Crippen LogP contribution in [0.2, 0.25) is 0 Å². The topological polar surface area (TPSA) is 80.1 Å². The highest BCUT2D eigenvalue weighted by molar-refractivity contribution is 5.81. The SMILES string of the molecule is O=C(NCC1=CCCCC1)[C@H]1[C@H]2C[C@H](CN(c3ncccn3)C2)c2cccc(=O)n21. The van der Waals surface area contributed by atoms with Gasteiger partial charge in [-0.25, -0.2) is 9.97 Å². The van der Waals surface area contributed by atoms with Crippen LogP contribution < -0.4 is 15.8 Å². The first-order chi connectivity index (χ1) is 14.7. The molecule has 156 valence electrons. The summed E-state index contributed by atoms with van der Waals surface area (Å²) in [5, 5.41) is 3.13. The van der Waals surface area contributed by atoms with Crippen LogP contribution in [0.25, 0.3) is 0 Å². The van der Waals surface area contributed by atoms with Crippen molar-refractivity contribution in [2.24, 2.45) is 5.92 Å². The van der Waals surface area contributed by atoms with Crippen LogP contribution in [0.15, 0.2) is 53.1 Å². The first-order valence-corrected chi connectivity index (χ1v) is 10.9. The Morgan fingerprint density at radius 3 is 2.80 bits per heavy atom. The number of anilines is 1. The van der Waals surface area contributed by atoms with E-state index < -0.39 is 6.04 Å². The molecule has 1 aliphatic carbocycles. The second kappa shape index (κ2) is 8.05. The zero-order chi connectivity index (χ0) is 20.5. The fourth-order valence-electron chi connectivity index (χ4n) is 5.26. The minimum absolute atomic E-state index is 0.0421. The van der Waals surface area contributed by atoms with Crippen LogP contribution in [0.4, 0.5) is 5.95 Å². The standard InChI is InChI=1S/C23H27N5O2/c29-20-9-4-8-19-17-12-18(15-27(14-17)23-24-10-5-11-25-23)21(28(19)20)22(30)26-13-16-6-2-1-3-7-16/h4-6,8-11,17-18,21H,1-3,7,12-15H2,(H,26,30)/t17-,18+,21-/m1/s1. The molecule has 1 fully saturated rings. The second-order valence-electron chi connectivity index (χ2n) is 8.58. The average Bonchev–Trinajstić information content (AvgIpc) is 2.79. The Kier molecular flexibility index (Phi) is 5.11. The predicted molar refractivity (Wildman–Crippen MR) is 114 cm³/mol. The van der Waals surface area contributed by atoms with Crippen molar-refractivity contribution < 1.29 is 4.79 Å². The fourth-order valence-corrected chi connectivity index (χ4v) is 5.26. The molecule has 2 aromatic heterocycles. The molecular weight excluding hydrogens is 378 g/mol. The molecule has 2 aliphatic heterocycles. The van der Waals surface area contributed by atoms with E-state index in [0.717, 1.165) is 31.5 Å². The van der Waals surface area contributed by atoms with Gasteiger partial charge < -0.3 is 10.2 Å². The van der Waals surface area contributed by atoms with E-state index in [1.807, 2.05) is 6.07 Å². The number of rotatable bonds is 4. The molecule has 3 aliphatic rings. The summed E-state index contributed by atoms with van der Waals surface area (Å²) >= 11 is 0. The van der Waals surface area contributed by atoms with Crippen LogP contribution >= 0.6 is 0 Å². The Morgan fingerprint density at radius 1 is 1.13 bits per heavy atom. The number of nitrogens with zero attached hydrogens (tertiary/aromatic N) is 4. The van der Waals surface area contributed by atoms with Crippen molar-refractivity contribution in [2.75, 3.05) is 24.5 Å². The van der Waals surface area contributed by atoms with Crippen LogP contribution in [-0.2, 0) is 4.79 Å². The molecule has 1 amide bonds. The number of hydrogen-bond acceptors (Lipinski definition) is 5. The molecule has 7 heteroatoms. The molecule has 2 bridgehead atoms. The molecule has 0 aromatic carbocycles. The summed E-state index contributed by atoms with van der Waals surface area (Å²) in [6, 6.07) is 6.66. The van der Waals surface area contributed by atoms with Gasteiger partial charge in [0.05, 0.1) is 0 Å². The fraction of sp³-hybridized carbons (Fsp3) is 0.478. The molecule has 3 atom stereocenters. The maximum absolute atomic E-state index is 13.4. The number of carbonyl (C=O) groups excluding carboxylic acids is 1. The maximum atomic E-state index is 13.4. The molecule has 0 spiro atoms. The first-order valence-electron chi connectivity index (χ1n) is 10.9. The number of hydrogen-bond donors (Lipinski definition) is 1. The molecule has 4 heterocycles. The maximum Gasteiger partial charge on any atom is 0.251 e. The van der Waals surface area contributed by atoms with E-state index in [-0.39, 0.29) is 23.3 Å². The summed E-state index contributed by atoms with van der Waals surface area (Å²) in [6.45, 7) is 2.00. The Balaban J connectivity index is 1.45. The van der Waals surface area contributed by atoms with Crippen molar-refractivity contribution in [3.05, 3.63) is 64.4 Å². The normalized spacial score (nSPS) is 25.3. The Labute approximate surface area is 175 Å². The van der Waals surface area contributed by atoms with Crippen LogP contribution in [0.1, 0.15) is 49.8 Å². The van der Waals surface area contributed by atoms with Gasteiger partial charge in [-0.3, -0.25) is 14.2 Å². The van der Waals surface area contributed by atoms with Gasteiger partial charge in [-0.05, 0) is 44.2 Å². The first kappa shape index (κ1) is 19.0. The van der Waals surface area contributed by atoms with Gasteiger partial charge in [0.15, 0.2) is 0 Å². The molecule has 1 N–H and O–H groups in total. The Hall–Kier alpha value is -2.96. The van der Waals surface area contributed by atoms with Crippen molar-refractivity contribution in [1.29, 1.82) is 0 Å². The van der Waals surface area contributed by atoms with Crippen molar-refractivity contribution >= 4 is 11.9 Å². The minimum Gasteiger partial charge on any atom is -0.351 e. The monoisotopic (exact) mass is 405 g/mol. The van der Waals surface area contributed by atoms with E-state index in [0.29, 0.717) is 19.0 Å². The number of piperidine rings is 1. The third kappa shape index (κ3) is 3.53. The lowest BCUT2D eigenvalue weighted by Gasteiger charge is -2.46. The van der Waals surface area contributed by atoms with Gasteiger partial charge in [0, 0.05) is 55.6 Å². The van der Waals surface area contributed by atoms with Gasteiger partial charge in [-0.2, -0.15) is 0 Å². The van der Waals surface area contributed by atoms with E-state index in [4.69, 9.17) is 0 Å². The number of aromatic nitrogens is 3. The molecule has 0 radical (unpaired) electrons. The number of carbonyl (C=O) groups is 1. The summed E-state index contributed by atoms with van der Waals surface area (Å²) in [4.78, 5) is 37.1. The molecule has 5 rings (SSSR count). The largest absolute Gasteiger partial charge is 0.351 e. The van der Waals surface area contributed by atoms with E-state index in [1.54, 1.807) is 35.2 Å². The zero-order valence-electron chi connectivity index (χ0n) is 17.0. The minimum atomic E-state index is -0.499. The lowest BCUT2D eigenvalue weighted by Crippen LogP contribution is -2.53. The summed E-state index contributed by atoms with van der Waals surface area (Å²) < 4.78 is 1.74. The van der Waals surface area contributed by atoms with Crippen molar-refractivity contribution in [3.8, 4) is 0 Å². The van der Waals surface area contributed by atoms with E-state index in [2.05, 4.69) is 26.3 Å². The number of fused-ring (bicyclic) bond motifs is 4. The highest BCUT2D eigenvalue weighted by atomic mass is 16.2. The zero-order valence-corrected chi connectivity index (χ0v) is 17.0. The summed E-state index contributed by atoms with van der Waals surface area (Å²) in [5.74, 6) is 0.854. The van der Waals surface area contributed by atoms with E-state index in [1.165, 1.54) is 18.4 Å². The van der Waals surface area contributed by atoms with Gasteiger partial charge in [0.2, 0.25) is 11.9 Å². The summed E-state index contributed by atoms with van der Waals surface area (Å²) in [6.07, 6.45) is 11.2. The van der Waals surface area contributed by atoms with Crippen LogP contribution in [0, 0.1) is 5.92 Å². The number of pyridine rings is 1. The third-order valence-corrected chi connectivity index (χ3v) is 6.63. The lowest BCUT2D eigenvalue weighted by atomic mass is 9.78. The van der Waals surface area contributed by atoms with Crippen LogP contribution in [0.5, 0.6) is 0 Å². The third-order valence-electron chi connectivity index (χ3n) is 6.63. The quantitative estimate of drug-likeness (QED) is 0.791. The van der Waals surface area contributed by atoms with Gasteiger partial charge in [-0.15, -0.1) is 0 Å². The molecule has 0 unspecified atom stereocenters. The summed E-state index contributed by atoms with van der Waals surface area (Å²) in [5.41, 5.74) is 2.15. The lowest BCUT2D eigenvalue weighted by molar-refractivity contribution is -0.126. The highest BCUT2D eigenvalue weighted by Crippen LogP contribution is 2.41. The summed E-state index contributed by atoms with van der Waals surface area (Å²) in [7, 11) is 0. The predicted octanol–water partition coefficient (Wildman–Crippen LogP) is 2.42. The second-order valence-corrected chi connectivity index (χ2v) is 8.58. The number of allylic oxidation sites excluding steroid dienone is 1. The number of nitrogens with one attached hydrogen (secondary N) is 1. The van der Waals surface area contributed by atoms with Crippen molar-refractivity contribution in [1.82, 2.24) is 19.9 Å². The molecule has 1 saturated heterocycles. The van der Waals surface area contributed by atoms with Gasteiger partial charge in [-0.1, -0.05) is 17.7 Å². The number of amides is 1. The molecular formula is C23H27N5O2. The van der Waals surface area contributed by atoms with E-state index in [9.17, 15) is 9.59 Å². The average molecular weight is 406 g/mol. The highest BCUT2D eigenvalue weighted by Gasteiger charge is 2.44. The Bertz CT molecular complexity index is 1020. The van der Waals surface area contributed by atoms with E-state index >= 15 is 0 Å². The van der Waals surface area contributed by atoms with Gasteiger partial charge in [0.25, 0.3) is 5.56 Å². The van der Waals surface area contributed by atoms with Crippen LogP contribution in [0.3, 0.4) is 0 Å². The molecule has 30 heavy (non-hydrogen) atoms.